The lowest BCUT2D eigenvalue weighted by Crippen LogP contribution is -2.49. The molecule has 2 rings (SSSR count). The van der Waals surface area contributed by atoms with Crippen LogP contribution in [0.3, 0.4) is 0 Å². The molecule has 0 aromatic carbocycles. The molecule has 0 saturated carbocycles. The molecule has 2 heterocycles. The number of carbonyl (C=O) groups excluding carboxylic acids is 1. The third-order valence-corrected chi connectivity index (χ3v) is 3.02. The minimum absolute atomic E-state index is 0.0830. The Hall–Kier alpha value is -1.83. The van der Waals surface area contributed by atoms with Gasteiger partial charge in [-0.3, -0.25) is 0 Å². The number of carbonyl (C=O) groups is 1. The van der Waals surface area contributed by atoms with Gasteiger partial charge in [-0.25, -0.2) is 4.79 Å². The maximum atomic E-state index is 11.6. The van der Waals surface area contributed by atoms with Crippen LogP contribution < -0.4 is 9.64 Å². The van der Waals surface area contributed by atoms with Gasteiger partial charge in [0.25, 0.3) is 0 Å². The van der Waals surface area contributed by atoms with Crippen LogP contribution in [0.2, 0.25) is 5.28 Å². The zero-order valence-corrected chi connectivity index (χ0v) is 12.1. The predicted octanol–water partition coefficient (Wildman–Crippen LogP) is 0.812. The van der Waals surface area contributed by atoms with Gasteiger partial charge in [-0.15, -0.1) is 0 Å². The molecule has 1 fully saturated rings. The minimum Gasteiger partial charge on any atom is -0.467 e. The second-order valence-corrected chi connectivity index (χ2v) is 4.40. The molecule has 0 radical (unpaired) electrons. The van der Waals surface area contributed by atoms with Gasteiger partial charge in [0.05, 0.1) is 13.7 Å². The van der Waals surface area contributed by atoms with Gasteiger partial charge in [-0.05, 0) is 18.5 Å². The van der Waals surface area contributed by atoms with Crippen molar-refractivity contribution in [1.82, 2.24) is 19.9 Å². The molecule has 1 aromatic heterocycles. The fourth-order valence-corrected chi connectivity index (χ4v) is 2.01. The van der Waals surface area contributed by atoms with Gasteiger partial charge >= 0.3 is 12.1 Å². The maximum absolute atomic E-state index is 11.6. The molecule has 1 amide bonds. The number of halogens is 1. The van der Waals surface area contributed by atoms with E-state index in [1.807, 2.05) is 4.90 Å². The Morgan fingerprint density at radius 1 is 1.25 bits per heavy atom. The highest BCUT2D eigenvalue weighted by Crippen LogP contribution is 2.16. The van der Waals surface area contributed by atoms with Gasteiger partial charge < -0.3 is 19.3 Å². The Bertz CT molecular complexity index is 479. The number of rotatable bonds is 3. The van der Waals surface area contributed by atoms with E-state index in [1.165, 1.54) is 7.11 Å². The van der Waals surface area contributed by atoms with Crippen molar-refractivity contribution in [3.63, 3.8) is 0 Å². The molecule has 9 heteroatoms. The summed E-state index contributed by atoms with van der Waals surface area (Å²) >= 11 is 5.81. The Morgan fingerprint density at radius 3 is 2.55 bits per heavy atom. The summed E-state index contributed by atoms with van der Waals surface area (Å²) in [6.07, 6.45) is -0.293. The van der Waals surface area contributed by atoms with E-state index in [9.17, 15) is 4.79 Å². The quantitative estimate of drug-likeness (QED) is 0.817. The van der Waals surface area contributed by atoms with E-state index in [4.69, 9.17) is 21.1 Å². The van der Waals surface area contributed by atoms with Crippen molar-refractivity contribution in [2.75, 3.05) is 44.8 Å². The van der Waals surface area contributed by atoms with E-state index >= 15 is 0 Å². The van der Waals surface area contributed by atoms with E-state index in [0.717, 1.165) is 0 Å². The molecule has 1 aliphatic rings. The molecular formula is C11H16ClN5O3. The molecule has 0 unspecified atom stereocenters. The zero-order chi connectivity index (χ0) is 14.5. The molecule has 8 nitrogen and oxygen atoms in total. The van der Waals surface area contributed by atoms with Crippen LogP contribution in [-0.2, 0) is 4.74 Å². The molecule has 0 atom stereocenters. The monoisotopic (exact) mass is 301 g/mol. The molecule has 0 bridgehead atoms. The number of ether oxygens (including phenoxy) is 2. The number of hydrogen-bond donors (Lipinski definition) is 0. The number of methoxy groups -OCH3 is 1. The van der Waals surface area contributed by atoms with Crippen molar-refractivity contribution >= 4 is 23.6 Å². The average molecular weight is 302 g/mol. The summed E-state index contributed by atoms with van der Waals surface area (Å²) in [5, 5.41) is 0.0830. The normalized spacial score (nSPS) is 15.2. The summed E-state index contributed by atoms with van der Waals surface area (Å²) < 4.78 is 9.92. The fourth-order valence-electron chi connectivity index (χ4n) is 1.86. The third kappa shape index (κ3) is 3.38. The Balaban J connectivity index is 2.00. The summed E-state index contributed by atoms with van der Waals surface area (Å²) in [6.45, 7) is 4.45. The maximum Gasteiger partial charge on any atom is 0.409 e. The van der Waals surface area contributed by atoms with Crippen molar-refractivity contribution in [2.24, 2.45) is 0 Å². The molecule has 20 heavy (non-hydrogen) atoms. The lowest BCUT2D eigenvalue weighted by molar-refractivity contribution is 0.105. The van der Waals surface area contributed by atoms with Gasteiger partial charge in [0.15, 0.2) is 0 Å². The number of hydrogen-bond acceptors (Lipinski definition) is 7. The van der Waals surface area contributed by atoms with Crippen molar-refractivity contribution in [2.45, 2.75) is 6.92 Å². The standard InChI is InChI=1S/C11H16ClN5O3/c1-3-20-11(18)17-6-4-16(5-7-17)9-13-8(12)14-10(15-9)19-2/h3-7H2,1-2H3. The predicted molar refractivity (Wildman–Crippen MR) is 72.2 cm³/mol. The van der Waals surface area contributed by atoms with Gasteiger partial charge in [-0.1, -0.05) is 0 Å². The molecular weight excluding hydrogens is 286 g/mol. The Labute approximate surface area is 121 Å². The van der Waals surface area contributed by atoms with Gasteiger partial charge in [0.2, 0.25) is 11.2 Å². The van der Waals surface area contributed by atoms with Crippen molar-refractivity contribution in [1.29, 1.82) is 0 Å². The first-order valence-electron chi connectivity index (χ1n) is 6.26. The first-order valence-corrected chi connectivity index (χ1v) is 6.64. The van der Waals surface area contributed by atoms with Gasteiger partial charge in [0, 0.05) is 26.2 Å². The Morgan fingerprint density at radius 2 is 1.95 bits per heavy atom. The fraction of sp³-hybridized carbons (Fsp3) is 0.636. The van der Waals surface area contributed by atoms with E-state index in [-0.39, 0.29) is 17.4 Å². The summed E-state index contributed by atoms with van der Waals surface area (Å²) in [5.41, 5.74) is 0. The Kier molecular flexibility index (Phi) is 4.78. The summed E-state index contributed by atoms with van der Waals surface area (Å²) in [4.78, 5) is 27.2. The summed E-state index contributed by atoms with van der Waals surface area (Å²) in [7, 11) is 1.47. The van der Waals surface area contributed by atoms with Crippen molar-refractivity contribution < 1.29 is 14.3 Å². The van der Waals surface area contributed by atoms with Crippen LogP contribution in [0.25, 0.3) is 0 Å². The lowest BCUT2D eigenvalue weighted by Gasteiger charge is -2.33. The number of piperazine rings is 1. The smallest absolute Gasteiger partial charge is 0.409 e. The highest BCUT2D eigenvalue weighted by Gasteiger charge is 2.24. The highest BCUT2D eigenvalue weighted by atomic mass is 35.5. The minimum atomic E-state index is -0.293. The SMILES string of the molecule is CCOC(=O)N1CCN(c2nc(Cl)nc(OC)n2)CC1. The average Bonchev–Trinajstić information content (AvgIpc) is 2.47. The third-order valence-electron chi connectivity index (χ3n) is 2.85. The van der Waals surface area contributed by atoms with Crippen LogP contribution in [-0.4, -0.2) is 65.8 Å². The molecule has 0 N–H and O–H groups in total. The van der Waals surface area contributed by atoms with Crippen molar-refractivity contribution in [3.05, 3.63) is 5.28 Å². The summed E-state index contributed by atoms with van der Waals surface area (Å²) in [6, 6.07) is 0.174. The largest absolute Gasteiger partial charge is 0.467 e. The van der Waals surface area contributed by atoms with E-state index in [1.54, 1.807) is 11.8 Å². The van der Waals surface area contributed by atoms with Gasteiger partial charge in [-0.2, -0.15) is 15.0 Å². The molecule has 0 aliphatic carbocycles. The highest BCUT2D eigenvalue weighted by molar-refractivity contribution is 6.28. The number of amides is 1. The number of aromatic nitrogens is 3. The summed E-state index contributed by atoms with van der Waals surface area (Å²) in [5.74, 6) is 0.449. The number of nitrogens with zero attached hydrogens (tertiary/aromatic N) is 5. The first-order chi connectivity index (χ1) is 9.63. The molecule has 110 valence electrons. The van der Waals surface area contributed by atoms with Crippen LogP contribution in [0.15, 0.2) is 0 Å². The van der Waals surface area contributed by atoms with Crippen LogP contribution in [0.5, 0.6) is 6.01 Å². The van der Waals surface area contributed by atoms with Crippen LogP contribution in [0.1, 0.15) is 6.92 Å². The molecule has 1 aromatic rings. The molecule has 1 saturated heterocycles. The van der Waals surface area contributed by atoms with E-state index < -0.39 is 0 Å². The molecule has 0 spiro atoms. The van der Waals surface area contributed by atoms with E-state index in [0.29, 0.717) is 38.7 Å². The second-order valence-electron chi connectivity index (χ2n) is 4.06. The van der Waals surface area contributed by atoms with Crippen molar-refractivity contribution in [3.8, 4) is 6.01 Å². The van der Waals surface area contributed by atoms with Crippen LogP contribution >= 0.6 is 11.6 Å². The lowest BCUT2D eigenvalue weighted by atomic mass is 10.3. The topological polar surface area (TPSA) is 80.7 Å². The van der Waals surface area contributed by atoms with Crippen LogP contribution in [0.4, 0.5) is 10.7 Å². The van der Waals surface area contributed by atoms with Gasteiger partial charge in [0.1, 0.15) is 0 Å². The van der Waals surface area contributed by atoms with Crippen LogP contribution in [0, 0.1) is 0 Å². The van der Waals surface area contributed by atoms with E-state index in [2.05, 4.69) is 15.0 Å². The number of anilines is 1. The molecule has 1 aliphatic heterocycles. The first kappa shape index (κ1) is 14.6. The zero-order valence-electron chi connectivity index (χ0n) is 11.4. The second kappa shape index (κ2) is 6.56.